The number of ketones is 1. The molecule has 1 aliphatic rings. The number of hydrogen-bond acceptors (Lipinski definition) is 2. The topological polar surface area (TPSA) is 43.1 Å². The van der Waals surface area contributed by atoms with Crippen LogP contribution in [-0.2, 0) is 11.2 Å². The second-order valence-electron chi connectivity index (χ2n) is 4.70. The molecule has 0 unspecified atom stereocenters. The summed E-state index contributed by atoms with van der Waals surface area (Å²) in [5, 5.41) is 0.418. The van der Waals surface area contributed by atoms with Crippen LogP contribution >= 0.6 is 11.6 Å². The number of carbonyl (C=O) groups is 1. The Balaban J connectivity index is 2.15. The lowest BCUT2D eigenvalue weighted by atomic mass is 9.89. The number of Topliss-reactive ketones (excluding diaryl/α,β-unsaturated/α-hetero) is 1. The number of halogens is 2. The number of hydrogen-bond donors (Lipinski definition) is 1. The Morgan fingerprint density at radius 2 is 2.06 bits per heavy atom. The predicted octanol–water partition coefficient (Wildman–Crippen LogP) is 2.86. The van der Waals surface area contributed by atoms with Crippen LogP contribution in [0.4, 0.5) is 4.39 Å². The fourth-order valence-electron chi connectivity index (χ4n) is 2.31. The maximum Gasteiger partial charge on any atom is 0.157 e. The van der Waals surface area contributed by atoms with Gasteiger partial charge in [-0.15, -0.1) is 0 Å². The largest absolute Gasteiger partial charge is 0.319 e. The van der Waals surface area contributed by atoms with Crippen molar-refractivity contribution < 1.29 is 9.18 Å². The van der Waals surface area contributed by atoms with E-state index in [0.717, 1.165) is 25.7 Å². The molecule has 1 saturated carbocycles. The molecule has 1 fully saturated rings. The molecule has 1 aromatic rings. The average molecular weight is 256 g/mol. The van der Waals surface area contributed by atoms with E-state index in [9.17, 15) is 9.18 Å². The van der Waals surface area contributed by atoms with Crippen molar-refractivity contribution in [3.05, 3.63) is 34.6 Å². The first-order valence-corrected chi connectivity index (χ1v) is 6.15. The highest BCUT2D eigenvalue weighted by Gasteiger charge is 2.36. The van der Waals surface area contributed by atoms with Gasteiger partial charge in [0, 0.05) is 11.4 Å². The summed E-state index contributed by atoms with van der Waals surface area (Å²) in [5.74, 6) is -0.419. The molecule has 2 nitrogen and oxygen atoms in total. The van der Waals surface area contributed by atoms with E-state index in [1.54, 1.807) is 0 Å². The van der Waals surface area contributed by atoms with Crippen molar-refractivity contribution in [2.75, 3.05) is 0 Å². The summed E-state index contributed by atoms with van der Waals surface area (Å²) in [7, 11) is 0. The van der Waals surface area contributed by atoms with E-state index in [1.165, 1.54) is 18.2 Å². The van der Waals surface area contributed by atoms with E-state index in [0.29, 0.717) is 10.6 Å². The van der Waals surface area contributed by atoms with Crippen molar-refractivity contribution in [1.29, 1.82) is 0 Å². The smallest absolute Gasteiger partial charge is 0.157 e. The fourth-order valence-corrected chi connectivity index (χ4v) is 2.50. The molecule has 0 aliphatic heterocycles. The monoisotopic (exact) mass is 255 g/mol. The third-order valence-corrected chi connectivity index (χ3v) is 3.78. The molecule has 0 spiro atoms. The van der Waals surface area contributed by atoms with Crippen molar-refractivity contribution in [3.8, 4) is 0 Å². The Morgan fingerprint density at radius 3 is 2.71 bits per heavy atom. The molecule has 0 radical (unpaired) electrons. The second-order valence-corrected chi connectivity index (χ2v) is 5.11. The Kier molecular flexibility index (Phi) is 3.50. The van der Waals surface area contributed by atoms with Crippen molar-refractivity contribution >= 4 is 17.4 Å². The summed E-state index contributed by atoms with van der Waals surface area (Å²) in [6.45, 7) is 0. The second kappa shape index (κ2) is 4.75. The van der Waals surface area contributed by atoms with E-state index in [4.69, 9.17) is 17.3 Å². The molecule has 1 aromatic carbocycles. The molecule has 4 heteroatoms. The lowest BCUT2D eigenvalue weighted by Gasteiger charge is -2.21. The highest BCUT2D eigenvalue weighted by molar-refractivity contribution is 6.31. The number of carbonyl (C=O) groups excluding carboxylic acids is 1. The zero-order valence-electron chi connectivity index (χ0n) is 9.51. The lowest BCUT2D eigenvalue weighted by molar-refractivity contribution is -0.123. The first kappa shape index (κ1) is 12.5. The Hall–Kier alpha value is -0.930. The van der Waals surface area contributed by atoms with E-state index < -0.39 is 5.54 Å². The Labute approximate surface area is 105 Å². The van der Waals surface area contributed by atoms with Crippen molar-refractivity contribution in [3.63, 3.8) is 0 Å². The van der Waals surface area contributed by atoms with E-state index in [1.807, 2.05) is 0 Å². The number of nitrogens with two attached hydrogens (primary N) is 1. The van der Waals surface area contributed by atoms with Crippen LogP contribution < -0.4 is 5.73 Å². The van der Waals surface area contributed by atoms with E-state index in [-0.39, 0.29) is 18.0 Å². The van der Waals surface area contributed by atoms with Crippen LogP contribution in [0.3, 0.4) is 0 Å². The van der Waals surface area contributed by atoms with Gasteiger partial charge in [0.05, 0.1) is 5.54 Å². The van der Waals surface area contributed by atoms with Gasteiger partial charge in [0.15, 0.2) is 5.78 Å². The van der Waals surface area contributed by atoms with Crippen LogP contribution in [0, 0.1) is 5.82 Å². The highest BCUT2D eigenvalue weighted by Crippen LogP contribution is 2.30. The summed E-state index contributed by atoms with van der Waals surface area (Å²) >= 11 is 5.93. The summed E-state index contributed by atoms with van der Waals surface area (Å²) in [5.41, 5.74) is 5.85. The maximum atomic E-state index is 13.1. The molecule has 0 amide bonds. The van der Waals surface area contributed by atoms with Crippen molar-refractivity contribution in [2.45, 2.75) is 37.6 Å². The molecule has 17 heavy (non-hydrogen) atoms. The molecule has 0 bridgehead atoms. The fraction of sp³-hybridized carbons (Fsp3) is 0.462. The average Bonchev–Trinajstić information content (AvgIpc) is 2.72. The molecule has 2 N–H and O–H groups in total. The van der Waals surface area contributed by atoms with Gasteiger partial charge in [0.2, 0.25) is 0 Å². The predicted molar refractivity (Wildman–Crippen MR) is 65.5 cm³/mol. The zero-order valence-corrected chi connectivity index (χ0v) is 10.3. The van der Waals surface area contributed by atoms with Crippen LogP contribution in [-0.4, -0.2) is 11.3 Å². The molecule has 1 aliphatic carbocycles. The maximum absolute atomic E-state index is 13.1. The van der Waals surface area contributed by atoms with Crippen molar-refractivity contribution in [1.82, 2.24) is 0 Å². The van der Waals surface area contributed by atoms with Crippen LogP contribution in [0.2, 0.25) is 5.02 Å². The molecule has 0 saturated heterocycles. The van der Waals surface area contributed by atoms with Gasteiger partial charge in [-0.3, -0.25) is 4.79 Å². The third kappa shape index (κ3) is 2.67. The first-order chi connectivity index (χ1) is 8.01. The summed E-state index contributed by atoms with van der Waals surface area (Å²) < 4.78 is 13.1. The molecule has 0 atom stereocenters. The zero-order chi connectivity index (χ0) is 12.5. The van der Waals surface area contributed by atoms with Crippen LogP contribution in [0.5, 0.6) is 0 Å². The van der Waals surface area contributed by atoms with Gasteiger partial charge < -0.3 is 5.73 Å². The van der Waals surface area contributed by atoms with Gasteiger partial charge in [-0.25, -0.2) is 4.39 Å². The minimum Gasteiger partial charge on any atom is -0.319 e. The SMILES string of the molecule is NC1(C(=O)Cc2cc(F)ccc2Cl)CCCC1. The van der Waals surface area contributed by atoms with E-state index >= 15 is 0 Å². The quantitative estimate of drug-likeness (QED) is 0.903. The van der Waals surface area contributed by atoms with Gasteiger partial charge in [0.25, 0.3) is 0 Å². The van der Waals surface area contributed by atoms with Crippen LogP contribution in [0.25, 0.3) is 0 Å². The lowest BCUT2D eigenvalue weighted by Crippen LogP contribution is -2.46. The number of benzene rings is 1. The molecule has 92 valence electrons. The summed E-state index contributed by atoms with van der Waals surface area (Å²) in [6, 6.07) is 4.06. The Bertz CT molecular complexity index is 441. The molecular weight excluding hydrogens is 241 g/mol. The van der Waals surface area contributed by atoms with Crippen molar-refractivity contribution in [2.24, 2.45) is 5.73 Å². The minimum atomic E-state index is -0.727. The Morgan fingerprint density at radius 1 is 1.41 bits per heavy atom. The van der Waals surface area contributed by atoms with Gasteiger partial charge in [0.1, 0.15) is 5.82 Å². The molecule has 0 heterocycles. The number of rotatable bonds is 3. The highest BCUT2D eigenvalue weighted by atomic mass is 35.5. The van der Waals surface area contributed by atoms with Gasteiger partial charge in [-0.05, 0) is 36.6 Å². The summed E-state index contributed by atoms with van der Waals surface area (Å²) in [6.07, 6.45) is 3.53. The normalized spacial score (nSPS) is 18.3. The van der Waals surface area contributed by atoms with E-state index in [2.05, 4.69) is 0 Å². The third-order valence-electron chi connectivity index (χ3n) is 3.41. The van der Waals surface area contributed by atoms with Gasteiger partial charge in [-0.2, -0.15) is 0 Å². The van der Waals surface area contributed by atoms with Gasteiger partial charge in [-0.1, -0.05) is 24.4 Å². The first-order valence-electron chi connectivity index (χ1n) is 5.77. The molecule has 2 rings (SSSR count). The summed E-state index contributed by atoms with van der Waals surface area (Å²) in [4.78, 5) is 12.1. The standard InChI is InChI=1S/C13H15ClFNO/c14-11-4-3-10(15)7-9(11)8-12(17)13(16)5-1-2-6-13/h3-4,7H,1-2,5-6,8,16H2. The van der Waals surface area contributed by atoms with Crippen LogP contribution in [0.1, 0.15) is 31.2 Å². The molecular formula is C13H15ClFNO. The minimum absolute atomic E-state index is 0.0394. The van der Waals surface area contributed by atoms with Crippen LogP contribution in [0.15, 0.2) is 18.2 Å². The molecule has 0 aromatic heterocycles. The van der Waals surface area contributed by atoms with Gasteiger partial charge >= 0.3 is 0 Å².